The molecule has 0 aliphatic rings. The third-order valence-corrected chi connectivity index (χ3v) is 5.56. The molecule has 0 fully saturated rings. The van der Waals surface area contributed by atoms with Crippen LogP contribution in [-0.2, 0) is 14.8 Å². The van der Waals surface area contributed by atoms with E-state index in [0.29, 0.717) is 23.8 Å². The molecule has 0 spiro atoms. The SMILES string of the molecule is COc1cccc(N(CCCC(=O)Nc2ccc(C(C)C)cc2)S(C)(=O)=O)c1. The van der Waals surface area contributed by atoms with Gasteiger partial charge in [-0.15, -0.1) is 0 Å². The average Bonchev–Trinajstić information content (AvgIpc) is 2.64. The molecule has 6 nitrogen and oxygen atoms in total. The van der Waals surface area contributed by atoms with Gasteiger partial charge in [-0.2, -0.15) is 0 Å². The number of carbonyl (C=O) groups excluding carboxylic acids is 1. The lowest BCUT2D eigenvalue weighted by Gasteiger charge is -2.22. The molecular formula is C21H28N2O4S. The van der Waals surface area contributed by atoms with Crippen LogP contribution in [0.4, 0.5) is 11.4 Å². The van der Waals surface area contributed by atoms with Gasteiger partial charge in [-0.05, 0) is 42.2 Å². The maximum absolute atomic E-state index is 12.2. The van der Waals surface area contributed by atoms with E-state index in [1.807, 2.05) is 24.3 Å². The molecule has 0 heterocycles. The van der Waals surface area contributed by atoms with Gasteiger partial charge in [0, 0.05) is 24.7 Å². The Bertz CT molecular complexity index is 893. The second-order valence-electron chi connectivity index (χ2n) is 6.97. The number of nitrogens with zero attached hydrogens (tertiary/aromatic N) is 1. The monoisotopic (exact) mass is 404 g/mol. The smallest absolute Gasteiger partial charge is 0.232 e. The van der Waals surface area contributed by atoms with Gasteiger partial charge in [0.1, 0.15) is 5.75 Å². The topological polar surface area (TPSA) is 75.7 Å². The van der Waals surface area contributed by atoms with Crippen molar-refractivity contribution in [3.05, 3.63) is 54.1 Å². The first-order valence-electron chi connectivity index (χ1n) is 9.22. The van der Waals surface area contributed by atoms with Gasteiger partial charge in [0.2, 0.25) is 15.9 Å². The molecule has 152 valence electrons. The summed E-state index contributed by atoms with van der Waals surface area (Å²) >= 11 is 0. The number of anilines is 2. The van der Waals surface area contributed by atoms with Crippen LogP contribution in [0.1, 0.15) is 38.2 Å². The van der Waals surface area contributed by atoms with Crippen LogP contribution >= 0.6 is 0 Å². The number of amides is 1. The second-order valence-corrected chi connectivity index (χ2v) is 8.87. The third-order valence-electron chi connectivity index (χ3n) is 4.37. The normalized spacial score (nSPS) is 11.3. The van der Waals surface area contributed by atoms with Crippen molar-refractivity contribution in [2.45, 2.75) is 32.6 Å². The molecule has 0 bridgehead atoms. The molecule has 0 radical (unpaired) electrons. The maximum atomic E-state index is 12.2. The van der Waals surface area contributed by atoms with E-state index in [-0.39, 0.29) is 18.9 Å². The first kappa shape index (κ1) is 21.8. The highest BCUT2D eigenvalue weighted by molar-refractivity contribution is 7.92. The fourth-order valence-corrected chi connectivity index (χ4v) is 3.77. The van der Waals surface area contributed by atoms with Crippen LogP contribution < -0.4 is 14.4 Å². The van der Waals surface area contributed by atoms with Crippen LogP contribution in [0.2, 0.25) is 0 Å². The van der Waals surface area contributed by atoms with Crippen LogP contribution in [0.3, 0.4) is 0 Å². The van der Waals surface area contributed by atoms with Crippen LogP contribution in [0.5, 0.6) is 5.75 Å². The predicted molar refractivity (Wildman–Crippen MR) is 114 cm³/mol. The maximum Gasteiger partial charge on any atom is 0.232 e. The van der Waals surface area contributed by atoms with Gasteiger partial charge in [0.15, 0.2) is 0 Å². The zero-order valence-electron chi connectivity index (χ0n) is 16.8. The minimum atomic E-state index is -3.47. The highest BCUT2D eigenvalue weighted by atomic mass is 32.2. The summed E-state index contributed by atoms with van der Waals surface area (Å²) in [6, 6.07) is 14.6. The molecule has 0 saturated carbocycles. The number of hydrogen-bond acceptors (Lipinski definition) is 4. The van der Waals surface area contributed by atoms with E-state index >= 15 is 0 Å². The van der Waals surface area contributed by atoms with Gasteiger partial charge in [-0.25, -0.2) is 8.42 Å². The molecule has 0 aromatic heterocycles. The van der Waals surface area contributed by atoms with Gasteiger partial charge in [-0.3, -0.25) is 9.10 Å². The van der Waals surface area contributed by atoms with Crippen molar-refractivity contribution in [1.29, 1.82) is 0 Å². The van der Waals surface area contributed by atoms with Crippen molar-refractivity contribution in [2.24, 2.45) is 0 Å². The number of benzene rings is 2. The molecule has 2 aromatic rings. The number of ether oxygens (including phenoxy) is 1. The molecule has 0 unspecified atom stereocenters. The number of sulfonamides is 1. The number of hydrogen-bond donors (Lipinski definition) is 1. The van der Waals surface area contributed by atoms with Gasteiger partial charge in [0.05, 0.1) is 19.1 Å². The van der Waals surface area contributed by atoms with Crippen LogP contribution in [0.15, 0.2) is 48.5 Å². The van der Waals surface area contributed by atoms with Gasteiger partial charge >= 0.3 is 0 Å². The number of carbonyl (C=O) groups is 1. The molecule has 1 N–H and O–H groups in total. The van der Waals surface area contributed by atoms with Gasteiger partial charge in [-0.1, -0.05) is 32.0 Å². The molecule has 0 atom stereocenters. The van der Waals surface area contributed by atoms with Gasteiger partial charge < -0.3 is 10.1 Å². The van der Waals surface area contributed by atoms with Crippen LogP contribution in [0.25, 0.3) is 0 Å². The Morgan fingerprint density at radius 2 is 1.82 bits per heavy atom. The Balaban J connectivity index is 1.95. The van der Waals surface area contributed by atoms with Crippen molar-refractivity contribution in [2.75, 3.05) is 29.5 Å². The molecule has 1 amide bonds. The molecule has 0 aliphatic carbocycles. The van der Waals surface area contributed by atoms with Crippen LogP contribution in [-0.4, -0.2) is 34.2 Å². The van der Waals surface area contributed by atoms with E-state index in [4.69, 9.17) is 4.74 Å². The highest BCUT2D eigenvalue weighted by Crippen LogP contribution is 2.23. The van der Waals surface area contributed by atoms with Crippen molar-refractivity contribution in [1.82, 2.24) is 0 Å². The third kappa shape index (κ3) is 6.27. The zero-order valence-corrected chi connectivity index (χ0v) is 17.6. The van der Waals surface area contributed by atoms with E-state index in [9.17, 15) is 13.2 Å². The Hall–Kier alpha value is -2.54. The lowest BCUT2D eigenvalue weighted by Crippen LogP contribution is -2.31. The van der Waals surface area contributed by atoms with E-state index in [1.165, 1.54) is 17.0 Å². The van der Waals surface area contributed by atoms with E-state index < -0.39 is 10.0 Å². The minimum Gasteiger partial charge on any atom is -0.497 e. The Morgan fingerprint density at radius 3 is 2.39 bits per heavy atom. The largest absolute Gasteiger partial charge is 0.497 e. The highest BCUT2D eigenvalue weighted by Gasteiger charge is 2.18. The first-order chi connectivity index (χ1) is 13.2. The quantitative estimate of drug-likeness (QED) is 0.685. The summed E-state index contributed by atoms with van der Waals surface area (Å²) in [6.45, 7) is 4.44. The van der Waals surface area contributed by atoms with E-state index in [2.05, 4.69) is 19.2 Å². The summed E-state index contributed by atoms with van der Waals surface area (Å²) in [5.74, 6) is 0.869. The van der Waals surface area contributed by atoms with Crippen molar-refractivity contribution >= 4 is 27.3 Å². The zero-order chi connectivity index (χ0) is 20.7. The summed E-state index contributed by atoms with van der Waals surface area (Å²) in [7, 11) is -1.94. The molecular weight excluding hydrogens is 376 g/mol. The van der Waals surface area contributed by atoms with Crippen LogP contribution in [0, 0.1) is 0 Å². The number of rotatable bonds is 9. The minimum absolute atomic E-state index is 0.142. The summed E-state index contributed by atoms with van der Waals surface area (Å²) < 4.78 is 30.8. The molecule has 2 aromatic carbocycles. The summed E-state index contributed by atoms with van der Waals surface area (Å²) in [4.78, 5) is 12.2. The standard InChI is InChI=1S/C21H28N2O4S/c1-16(2)17-10-12-18(13-11-17)22-21(24)9-6-14-23(28(4,25)26)19-7-5-8-20(15-19)27-3/h5,7-8,10-13,15-16H,6,9,14H2,1-4H3,(H,22,24). The van der Waals surface area contributed by atoms with E-state index in [1.54, 1.807) is 24.3 Å². The van der Waals surface area contributed by atoms with Gasteiger partial charge in [0.25, 0.3) is 0 Å². The molecule has 0 saturated heterocycles. The lowest BCUT2D eigenvalue weighted by atomic mass is 10.0. The predicted octanol–water partition coefficient (Wildman–Crippen LogP) is 4.00. The summed E-state index contributed by atoms with van der Waals surface area (Å²) in [5.41, 5.74) is 2.47. The lowest BCUT2D eigenvalue weighted by molar-refractivity contribution is -0.116. The van der Waals surface area contributed by atoms with E-state index in [0.717, 1.165) is 11.9 Å². The van der Waals surface area contributed by atoms with Crippen molar-refractivity contribution < 1.29 is 17.9 Å². The summed E-state index contributed by atoms with van der Waals surface area (Å²) in [5, 5.41) is 2.85. The average molecular weight is 405 g/mol. The molecule has 7 heteroatoms. The first-order valence-corrected chi connectivity index (χ1v) is 11.1. The fourth-order valence-electron chi connectivity index (χ4n) is 2.81. The number of nitrogens with one attached hydrogen (secondary N) is 1. The molecule has 0 aliphatic heterocycles. The summed E-state index contributed by atoms with van der Waals surface area (Å²) in [6.07, 6.45) is 1.78. The fraction of sp³-hybridized carbons (Fsp3) is 0.381. The number of methoxy groups -OCH3 is 1. The Morgan fingerprint density at radius 1 is 1.14 bits per heavy atom. The van der Waals surface area contributed by atoms with Crippen molar-refractivity contribution in [3.8, 4) is 5.75 Å². The Labute approximate surface area is 167 Å². The molecule has 2 rings (SSSR count). The Kier molecular flexibility index (Phi) is 7.45. The molecule has 28 heavy (non-hydrogen) atoms. The van der Waals surface area contributed by atoms with Crippen molar-refractivity contribution in [3.63, 3.8) is 0 Å². The second kappa shape index (κ2) is 9.59.